The molecule has 1 aromatic rings. The second-order valence-electron chi connectivity index (χ2n) is 5.75. The van der Waals surface area contributed by atoms with Crippen LogP contribution < -0.4 is 0 Å². The van der Waals surface area contributed by atoms with E-state index in [1.54, 1.807) is 30.3 Å². The van der Waals surface area contributed by atoms with Crippen molar-refractivity contribution < 1.29 is 16.8 Å². The number of benzene rings is 1. The van der Waals surface area contributed by atoms with Crippen molar-refractivity contribution in [3.8, 4) is 0 Å². The van der Waals surface area contributed by atoms with E-state index in [1.807, 2.05) is 0 Å². The summed E-state index contributed by atoms with van der Waals surface area (Å²) in [5.74, 6) is -0.122. The molecule has 116 valence electrons. The van der Waals surface area contributed by atoms with Crippen molar-refractivity contribution >= 4 is 19.9 Å². The van der Waals surface area contributed by atoms with Gasteiger partial charge in [0.25, 0.3) is 0 Å². The summed E-state index contributed by atoms with van der Waals surface area (Å²) >= 11 is 0. The van der Waals surface area contributed by atoms with Gasteiger partial charge >= 0.3 is 0 Å². The molecule has 3 rings (SSSR count). The third-order valence-corrected chi connectivity index (χ3v) is 8.37. The van der Waals surface area contributed by atoms with E-state index >= 15 is 0 Å². The van der Waals surface area contributed by atoms with Crippen LogP contribution in [0.1, 0.15) is 25.7 Å². The van der Waals surface area contributed by atoms with Gasteiger partial charge in [-0.25, -0.2) is 16.8 Å². The van der Waals surface area contributed by atoms with Gasteiger partial charge in [0.2, 0.25) is 10.0 Å². The first-order valence-electron chi connectivity index (χ1n) is 7.20. The van der Waals surface area contributed by atoms with Crippen LogP contribution in [0.3, 0.4) is 0 Å². The smallest absolute Gasteiger partial charge is 0.217 e. The molecule has 0 unspecified atom stereocenters. The monoisotopic (exact) mass is 329 g/mol. The molecule has 0 bridgehead atoms. The van der Waals surface area contributed by atoms with E-state index in [1.165, 1.54) is 4.31 Å². The van der Waals surface area contributed by atoms with Crippen molar-refractivity contribution in [2.75, 3.05) is 12.3 Å². The van der Waals surface area contributed by atoms with Gasteiger partial charge < -0.3 is 0 Å². The fraction of sp³-hybridized carbons (Fsp3) is 0.571. The maximum atomic E-state index is 12.4. The highest BCUT2D eigenvalue weighted by Crippen LogP contribution is 2.35. The number of sulfone groups is 1. The summed E-state index contributed by atoms with van der Waals surface area (Å²) in [5.41, 5.74) is 0. The third kappa shape index (κ3) is 3.00. The Balaban J connectivity index is 1.81. The topological polar surface area (TPSA) is 71.5 Å². The van der Waals surface area contributed by atoms with Gasteiger partial charge in [-0.2, -0.15) is 4.31 Å². The van der Waals surface area contributed by atoms with Crippen LogP contribution >= 0.6 is 0 Å². The summed E-state index contributed by atoms with van der Waals surface area (Å²) in [7, 11) is -6.75. The molecule has 1 aromatic carbocycles. The summed E-state index contributed by atoms with van der Waals surface area (Å²) in [6.07, 6.45) is 2.77. The molecule has 0 radical (unpaired) electrons. The quantitative estimate of drug-likeness (QED) is 0.819. The molecule has 1 saturated carbocycles. The second-order valence-corrected chi connectivity index (χ2v) is 9.95. The van der Waals surface area contributed by atoms with Gasteiger partial charge in [-0.15, -0.1) is 0 Å². The lowest BCUT2D eigenvalue weighted by Gasteiger charge is -2.23. The highest BCUT2D eigenvalue weighted by atomic mass is 32.2. The standard InChI is InChI=1S/C14H19NO4S2/c16-20(17,13-6-2-1-3-7-13)11-12-5-4-10-15(12)21(18,19)14-8-9-14/h1-3,6-7,12,14H,4-5,8-11H2/t12-/m0/s1. The number of nitrogens with zero attached hydrogens (tertiary/aromatic N) is 1. The van der Waals surface area contributed by atoms with Gasteiger partial charge in [-0.3, -0.25) is 0 Å². The van der Waals surface area contributed by atoms with E-state index in [0.29, 0.717) is 25.8 Å². The van der Waals surface area contributed by atoms with Crippen LogP contribution in [0, 0.1) is 0 Å². The van der Waals surface area contributed by atoms with Crippen molar-refractivity contribution in [3.05, 3.63) is 30.3 Å². The molecule has 1 saturated heterocycles. The third-order valence-electron chi connectivity index (χ3n) is 4.11. The molecule has 21 heavy (non-hydrogen) atoms. The van der Waals surface area contributed by atoms with Crippen molar-refractivity contribution in [2.24, 2.45) is 0 Å². The Bertz CT molecular complexity index is 709. The fourth-order valence-corrected chi connectivity index (χ4v) is 6.65. The second kappa shape index (κ2) is 5.37. The SMILES string of the molecule is O=S(=O)(C[C@@H]1CCCN1S(=O)(=O)C1CC1)c1ccccc1. The number of sulfonamides is 1. The van der Waals surface area contributed by atoms with E-state index in [0.717, 1.165) is 6.42 Å². The van der Waals surface area contributed by atoms with Crippen LogP contribution in [0.2, 0.25) is 0 Å². The van der Waals surface area contributed by atoms with Gasteiger partial charge in [0, 0.05) is 12.6 Å². The highest BCUT2D eigenvalue weighted by molar-refractivity contribution is 7.92. The molecule has 2 aliphatic rings. The molecule has 1 heterocycles. The average molecular weight is 329 g/mol. The molecule has 7 heteroatoms. The summed E-state index contributed by atoms with van der Waals surface area (Å²) in [6, 6.07) is 7.83. The molecular weight excluding hydrogens is 310 g/mol. The maximum absolute atomic E-state index is 12.4. The molecule has 5 nitrogen and oxygen atoms in total. The van der Waals surface area contributed by atoms with Crippen LogP contribution in [0.25, 0.3) is 0 Å². The largest absolute Gasteiger partial charge is 0.224 e. The van der Waals surface area contributed by atoms with Crippen LogP contribution in [0.4, 0.5) is 0 Å². The number of hydrogen-bond donors (Lipinski definition) is 0. The molecule has 0 spiro atoms. The minimum absolute atomic E-state index is 0.122. The molecule has 0 N–H and O–H groups in total. The van der Waals surface area contributed by atoms with Crippen LogP contribution in [0.15, 0.2) is 35.2 Å². The van der Waals surface area contributed by atoms with E-state index < -0.39 is 25.9 Å². The lowest BCUT2D eigenvalue weighted by Crippen LogP contribution is -2.41. The Labute approximate surface area is 125 Å². The van der Waals surface area contributed by atoms with E-state index in [2.05, 4.69) is 0 Å². The molecule has 0 aromatic heterocycles. The normalized spacial score (nSPS) is 24.3. The minimum Gasteiger partial charge on any atom is -0.224 e. The summed E-state index contributed by atoms with van der Waals surface area (Å²) in [6.45, 7) is 0.452. The zero-order chi connectivity index (χ0) is 15.1. The lowest BCUT2D eigenvalue weighted by molar-refractivity contribution is 0.407. The molecule has 2 fully saturated rings. The zero-order valence-electron chi connectivity index (χ0n) is 11.7. The predicted molar refractivity (Wildman–Crippen MR) is 80.2 cm³/mol. The summed E-state index contributed by atoms with van der Waals surface area (Å²) in [4.78, 5) is 0.265. The lowest BCUT2D eigenvalue weighted by atomic mass is 10.3. The first-order chi connectivity index (χ1) is 9.91. The van der Waals surface area contributed by atoms with Crippen LogP contribution in [-0.2, 0) is 19.9 Å². The summed E-state index contributed by atoms with van der Waals surface area (Å²) < 4.78 is 51.0. The molecule has 1 atom stereocenters. The van der Waals surface area contributed by atoms with Crippen molar-refractivity contribution in [1.82, 2.24) is 4.31 Å². The molecular formula is C14H19NO4S2. The zero-order valence-corrected chi connectivity index (χ0v) is 13.3. The maximum Gasteiger partial charge on any atom is 0.217 e. The van der Waals surface area contributed by atoms with E-state index in [4.69, 9.17) is 0 Å². The highest BCUT2D eigenvalue weighted by Gasteiger charge is 2.45. The Kier molecular flexibility index (Phi) is 3.83. The Morgan fingerprint density at radius 3 is 2.29 bits per heavy atom. The predicted octanol–water partition coefficient (Wildman–Crippen LogP) is 1.42. The van der Waals surface area contributed by atoms with Gasteiger partial charge in [-0.05, 0) is 37.8 Å². The fourth-order valence-electron chi connectivity index (χ4n) is 2.85. The molecule has 1 aliphatic carbocycles. The number of rotatable bonds is 5. The Morgan fingerprint density at radius 2 is 1.67 bits per heavy atom. The Hall–Kier alpha value is -0.920. The first-order valence-corrected chi connectivity index (χ1v) is 10.4. The van der Waals surface area contributed by atoms with E-state index in [9.17, 15) is 16.8 Å². The van der Waals surface area contributed by atoms with Gasteiger partial charge in [0.15, 0.2) is 9.84 Å². The van der Waals surface area contributed by atoms with Crippen molar-refractivity contribution in [2.45, 2.75) is 41.9 Å². The summed E-state index contributed by atoms with van der Waals surface area (Å²) in [5, 5.41) is -0.280. The number of hydrogen-bond acceptors (Lipinski definition) is 4. The minimum atomic E-state index is -3.45. The first kappa shape index (κ1) is 15.0. The Morgan fingerprint density at radius 1 is 1.00 bits per heavy atom. The van der Waals surface area contributed by atoms with Crippen LogP contribution in [-0.4, -0.2) is 44.7 Å². The van der Waals surface area contributed by atoms with Crippen molar-refractivity contribution in [3.63, 3.8) is 0 Å². The van der Waals surface area contributed by atoms with Gasteiger partial charge in [-0.1, -0.05) is 18.2 Å². The molecule has 0 amide bonds. The average Bonchev–Trinajstić information content (AvgIpc) is 3.21. The van der Waals surface area contributed by atoms with Gasteiger partial charge in [0.1, 0.15) is 0 Å². The van der Waals surface area contributed by atoms with E-state index in [-0.39, 0.29) is 15.9 Å². The van der Waals surface area contributed by atoms with Crippen molar-refractivity contribution in [1.29, 1.82) is 0 Å². The van der Waals surface area contributed by atoms with Gasteiger partial charge in [0.05, 0.1) is 15.9 Å². The van der Waals surface area contributed by atoms with Crippen LogP contribution in [0.5, 0.6) is 0 Å². The molecule has 1 aliphatic heterocycles.